The van der Waals surface area contributed by atoms with E-state index in [1.54, 1.807) is 54.6 Å². The van der Waals surface area contributed by atoms with Crippen LogP contribution in [0.15, 0.2) is 70.6 Å². The number of fused-ring (bicyclic) bond motifs is 1. The fourth-order valence-electron chi connectivity index (χ4n) is 4.88. The summed E-state index contributed by atoms with van der Waals surface area (Å²) < 4.78 is 6.35. The van der Waals surface area contributed by atoms with Gasteiger partial charge in [-0.1, -0.05) is 76.1 Å². The van der Waals surface area contributed by atoms with Crippen LogP contribution in [0.1, 0.15) is 35.2 Å². The lowest BCUT2D eigenvalue weighted by atomic mass is 9.94. The van der Waals surface area contributed by atoms with Crippen molar-refractivity contribution in [2.24, 2.45) is 0 Å². The van der Waals surface area contributed by atoms with Gasteiger partial charge in [-0.25, -0.2) is 0 Å². The Kier molecular flexibility index (Phi) is 7.74. The lowest BCUT2D eigenvalue weighted by molar-refractivity contribution is -0.132. The lowest BCUT2D eigenvalue weighted by Crippen LogP contribution is -2.29. The van der Waals surface area contributed by atoms with Crippen LogP contribution in [0.3, 0.4) is 0 Å². The second-order valence-electron chi connectivity index (χ2n) is 9.55. The summed E-state index contributed by atoms with van der Waals surface area (Å²) in [5, 5.41) is 21.7. The third-order valence-electron chi connectivity index (χ3n) is 6.75. The van der Waals surface area contributed by atoms with Crippen LogP contribution in [0, 0.1) is 0 Å². The van der Waals surface area contributed by atoms with Crippen molar-refractivity contribution in [1.29, 1.82) is 0 Å². The molecule has 0 unspecified atom stereocenters. The first-order chi connectivity index (χ1) is 19.7. The second-order valence-corrected chi connectivity index (χ2v) is 13.0. The molecule has 0 radical (unpaired) electrons. The van der Waals surface area contributed by atoms with Crippen molar-refractivity contribution < 1.29 is 19.4 Å². The maximum absolute atomic E-state index is 13.5. The SMILES string of the molecule is C[C@H]1Cc2cc(/C(O)=C3\C(=O)C(=O)N(c4nnc(SCc5ccc(Cl)cc5Cl)s4)[C@H]3c3cccc(Cl)c3)ccc2O1. The number of aromatic nitrogens is 2. The van der Waals surface area contributed by atoms with Crippen LogP contribution in [0.4, 0.5) is 5.13 Å². The van der Waals surface area contributed by atoms with E-state index in [1.807, 2.05) is 13.0 Å². The van der Waals surface area contributed by atoms with Crippen LogP contribution in [0.25, 0.3) is 5.76 Å². The molecule has 1 aromatic heterocycles. The summed E-state index contributed by atoms with van der Waals surface area (Å²) in [4.78, 5) is 28.3. The predicted octanol–water partition coefficient (Wildman–Crippen LogP) is 7.74. The molecule has 2 aliphatic rings. The molecule has 3 aromatic carbocycles. The topological polar surface area (TPSA) is 92.6 Å². The molecule has 1 fully saturated rings. The highest BCUT2D eigenvalue weighted by atomic mass is 35.5. The van der Waals surface area contributed by atoms with E-state index in [0.29, 0.717) is 42.7 Å². The van der Waals surface area contributed by atoms with Crippen LogP contribution >= 0.6 is 57.9 Å². The number of anilines is 1. The van der Waals surface area contributed by atoms with Gasteiger partial charge in [0.05, 0.1) is 11.6 Å². The van der Waals surface area contributed by atoms with Gasteiger partial charge >= 0.3 is 5.91 Å². The van der Waals surface area contributed by atoms with Crippen LogP contribution in [-0.4, -0.2) is 33.1 Å². The Labute approximate surface area is 258 Å². The fraction of sp³-hybridized carbons (Fsp3) is 0.172. The van der Waals surface area contributed by atoms with Crippen molar-refractivity contribution in [3.8, 4) is 5.75 Å². The van der Waals surface area contributed by atoms with Gasteiger partial charge in [0, 0.05) is 32.8 Å². The van der Waals surface area contributed by atoms with Crippen LogP contribution < -0.4 is 9.64 Å². The molecule has 1 amide bonds. The molecule has 7 nitrogen and oxygen atoms in total. The van der Waals surface area contributed by atoms with Crippen LogP contribution in [-0.2, 0) is 21.8 Å². The number of halogens is 3. The molecule has 0 aliphatic carbocycles. The highest BCUT2D eigenvalue weighted by molar-refractivity contribution is 8.00. The normalized spacial score (nSPS) is 19.5. The van der Waals surface area contributed by atoms with E-state index < -0.39 is 17.7 Å². The zero-order valence-electron chi connectivity index (χ0n) is 21.3. The molecule has 1 saturated heterocycles. The highest BCUT2D eigenvalue weighted by Crippen LogP contribution is 2.45. The lowest BCUT2D eigenvalue weighted by Gasteiger charge is -2.22. The standard InChI is InChI=1S/C29H20Cl3N3O4S2/c1-14-9-18-10-16(6-8-22(18)39-14)25(36)23-24(15-3-2-4-19(30)11-15)35(27(38)26(23)37)28-33-34-29(41-28)40-13-17-5-7-20(31)12-21(17)32/h2-8,10-12,14,24,36H,9,13H2,1H3/b25-23+/t14-,24-/m0/s1. The molecule has 0 saturated carbocycles. The zero-order valence-corrected chi connectivity index (χ0v) is 25.2. The summed E-state index contributed by atoms with van der Waals surface area (Å²) >= 11 is 21.2. The minimum Gasteiger partial charge on any atom is -0.507 e. The molecular formula is C29H20Cl3N3O4S2. The fourth-order valence-corrected chi connectivity index (χ4v) is 7.51. The number of thioether (sulfide) groups is 1. The summed E-state index contributed by atoms with van der Waals surface area (Å²) in [7, 11) is 0. The molecule has 4 aromatic rings. The van der Waals surface area contributed by atoms with E-state index in [-0.39, 0.29) is 22.6 Å². The third kappa shape index (κ3) is 5.45. The van der Waals surface area contributed by atoms with Gasteiger partial charge in [0.1, 0.15) is 17.6 Å². The Morgan fingerprint density at radius 3 is 2.66 bits per heavy atom. The minimum atomic E-state index is -0.964. The molecular weight excluding hydrogens is 625 g/mol. The first kappa shape index (κ1) is 28.1. The first-order valence-corrected chi connectivity index (χ1v) is 15.4. The van der Waals surface area contributed by atoms with Gasteiger partial charge in [-0.2, -0.15) is 0 Å². The van der Waals surface area contributed by atoms with E-state index in [4.69, 9.17) is 39.5 Å². The van der Waals surface area contributed by atoms with E-state index in [1.165, 1.54) is 16.7 Å². The number of rotatable bonds is 6. The molecule has 41 heavy (non-hydrogen) atoms. The average molecular weight is 645 g/mol. The van der Waals surface area contributed by atoms with Crippen molar-refractivity contribution in [2.75, 3.05) is 4.90 Å². The number of Topliss-reactive ketones (excluding diaryl/α,β-unsaturated/α-hetero) is 1. The molecule has 0 spiro atoms. The Morgan fingerprint density at radius 1 is 1.07 bits per heavy atom. The average Bonchev–Trinajstić information content (AvgIpc) is 3.62. The van der Waals surface area contributed by atoms with Gasteiger partial charge < -0.3 is 9.84 Å². The molecule has 1 N–H and O–H groups in total. The Bertz CT molecular complexity index is 1740. The Balaban J connectivity index is 1.38. The molecule has 6 rings (SSSR count). The highest BCUT2D eigenvalue weighted by Gasteiger charge is 2.48. The summed E-state index contributed by atoms with van der Waals surface area (Å²) in [6.07, 6.45) is 0.689. The molecule has 2 aliphatic heterocycles. The van der Waals surface area contributed by atoms with Gasteiger partial charge in [0.25, 0.3) is 5.78 Å². The van der Waals surface area contributed by atoms with E-state index >= 15 is 0 Å². The number of ketones is 1. The maximum Gasteiger partial charge on any atom is 0.301 e. The van der Waals surface area contributed by atoms with Crippen LogP contribution in [0.2, 0.25) is 15.1 Å². The molecule has 208 valence electrons. The first-order valence-electron chi connectivity index (χ1n) is 12.5. The van der Waals surface area contributed by atoms with Gasteiger partial charge in [-0.05, 0) is 66.1 Å². The smallest absolute Gasteiger partial charge is 0.301 e. The van der Waals surface area contributed by atoms with Crippen molar-refractivity contribution in [3.05, 3.63) is 104 Å². The van der Waals surface area contributed by atoms with Gasteiger partial charge in [-0.3, -0.25) is 14.5 Å². The largest absolute Gasteiger partial charge is 0.507 e. The van der Waals surface area contributed by atoms with Crippen molar-refractivity contribution in [1.82, 2.24) is 10.2 Å². The number of amides is 1. The maximum atomic E-state index is 13.5. The summed E-state index contributed by atoms with van der Waals surface area (Å²) in [6.45, 7) is 1.96. The molecule has 3 heterocycles. The number of carbonyl (C=O) groups excluding carboxylic acids is 2. The Morgan fingerprint density at radius 2 is 1.88 bits per heavy atom. The summed E-state index contributed by atoms with van der Waals surface area (Å²) in [5.41, 5.74) is 2.70. The zero-order chi connectivity index (χ0) is 28.8. The monoisotopic (exact) mass is 643 g/mol. The Hall–Kier alpha value is -3.08. The number of benzene rings is 3. The minimum absolute atomic E-state index is 0.0135. The van der Waals surface area contributed by atoms with E-state index in [9.17, 15) is 14.7 Å². The number of hydrogen-bond acceptors (Lipinski definition) is 8. The molecule has 2 atom stereocenters. The van der Waals surface area contributed by atoms with Gasteiger partial charge in [0.2, 0.25) is 5.13 Å². The number of ether oxygens (including phenoxy) is 1. The summed E-state index contributed by atoms with van der Waals surface area (Å²) in [6, 6.07) is 16.4. The van der Waals surface area contributed by atoms with Crippen molar-refractivity contribution in [3.63, 3.8) is 0 Å². The molecule has 0 bridgehead atoms. The number of aliphatic hydroxyl groups is 1. The van der Waals surface area contributed by atoms with Crippen LogP contribution in [0.5, 0.6) is 5.75 Å². The summed E-state index contributed by atoms with van der Waals surface area (Å²) in [5.74, 6) is -0.686. The quantitative estimate of drug-likeness (QED) is 0.0755. The van der Waals surface area contributed by atoms with E-state index in [2.05, 4.69) is 10.2 Å². The number of carbonyl (C=O) groups is 2. The second kappa shape index (κ2) is 11.3. The predicted molar refractivity (Wildman–Crippen MR) is 162 cm³/mol. The van der Waals surface area contributed by atoms with Crippen molar-refractivity contribution in [2.45, 2.75) is 35.6 Å². The van der Waals surface area contributed by atoms with E-state index in [0.717, 1.165) is 28.2 Å². The number of nitrogens with zero attached hydrogens (tertiary/aromatic N) is 3. The number of hydrogen-bond donors (Lipinski definition) is 1. The third-order valence-corrected chi connectivity index (χ3v) is 9.67. The van der Waals surface area contributed by atoms with Gasteiger partial charge in [-0.15, -0.1) is 10.2 Å². The van der Waals surface area contributed by atoms with Gasteiger partial charge in [0.15, 0.2) is 4.34 Å². The van der Waals surface area contributed by atoms with Crippen molar-refractivity contribution >= 4 is 80.5 Å². The number of aliphatic hydroxyl groups excluding tert-OH is 1. The molecule has 12 heteroatoms.